The van der Waals surface area contributed by atoms with Gasteiger partial charge in [0.05, 0.1) is 0 Å². The van der Waals surface area contributed by atoms with E-state index in [4.69, 9.17) is 0 Å². The predicted molar refractivity (Wildman–Crippen MR) is 99.4 cm³/mol. The molecule has 1 nitrogen and oxygen atoms in total. The fraction of sp³-hybridized carbons (Fsp3) is 0.684. The van der Waals surface area contributed by atoms with Crippen LogP contribution in [0.2, 0.25) is 0 Å². The van der Waals surface area contributed by atoms with Gasteiger partial charge in [0.2, 0.25) is 0 Å². The van der Waals surface area contributed by atoms with Crippen molar-refractivity contribution in [3.8, 4) is 0 Å². The molecular formula is C19H13F21OSn. The van der Waals surface area contributed by atoms with E-state index in [9.17, 15) is 65.9 Å². The van der Waals surface area contributed by atoms with Gasteiger partial charge in [0.15, 0.2) is 0 Å². The van der Waals surface area contributed by atoms with Crippen molar-refractivity contribution in [2.45, 2.75) is 54.0 Å². The Morgan fingerprint density at radius 3 is 0.952 bits per heavy atom. The normalized spacial score (nSPS) is 15.7. The van der Waals surface area contributed by atoms with Crippen LogP contribution in [0.1, 0.15) is 5.56 Å². The Bertz CT molecular complexity index is 959. The Morgan fingerprint density at radius 2 is 0.714 bits per heavy atom. The van der Waals surface area contributed by atoms with Gasteiger partial charge in [-0.05, 0) is 0 Å². The fourth-order valence-electron chi connectivity index (χ4n) is 3.23. The van der Waals surface area contributed by atoms with Gasteiger partial charge in [-0.25, -0.2) is 0 Å². The molecule has 0 atom stereocenters. The summed E-state index contributed by atoms with van der Waals surface area (Å²) in [5.74, 6) is -46.8. The Kier molecular flexibility index (Phi) is 10.5. The summed E-state index contributed by atoms with van der Waals surface area (Å²) in [6, 6.07) is 2.92. The van der Waals surface area contributed by atoms with E-state index in [0.29, 0.717) is 24.3 Å². The van der Waals surface area contributed by atoms with Crippen molar-refractivity contribution < 1.29 is 95.3 Å². The van der Waals surface area contributed by atoms with Crippen LogP contribution < -0.4 is 0 Å². The van der Waals surface area contributed by atoms with Crippen LogP contribution in [0.25, 0.3) is 0 Å². The zero-order chi connectivity index (χ0) is 33.6. The molecule has 0 aliphatic rings. The molecule has 0 aliphatic carbocycles. The molecule has 0 aliphatic heterocycles. The maximum absolute atomic E-state index is 15.2. The summed E-state index contributed by atoms with van der Waals surface area (Å²) in [5.41, 5.74) is -1.22. The molecule has 0 bridgehead atoms. The van der Waals surface area contributed by atoms with Crippen molar-refractivity contribution in [1.29, 1.82) is 0 Å². The Labute approximate surface area is 224 Å². The Balaban J connectivity index is 4.62. The second-order valence-corrected chi connectivity index (χ2v) is 18.5. The number of rotatable bonds is 15. The molecule has 42 heavy (non-hydrogen) atoms. The van der Waals surface area contributed by atoms with Gasteiger partial charge in [0.1, 0.15) is 0 Å². The van der Waals surface area contributed by atoms with Crippen molar-refractivity contribution >= 4 is 18.8 Å². The summed E-state index contributed by atoms with van der Waals surface area (Å²) in [6.07, 6.45) is 0. The topological polar surface area (TPSA) is 9.23 Å². The first-order valence-electron chi connectivity index (χ1n) is 10.3. The fourth-order valence-corrected chi connectivity index (χ4v) is 14.6. The van der Waals surface area contributed by atoms with Crippen LogP contribution in [0, 0.1) is 0 Å². The minimum absolute atomic E-state index is 0.349. The molecule has 1 aromatic carbocycles. The van der Waals surface area contributed by atoms with Crippen LogP contribution >= 0.6 is 0 Å². The molecule has 0 saturated heterocycles. The van der Waals surface area contributed by atoms with Crippen LogP contribution in [-0.2, 0) is 9.68 Å². The molecule has 1 rings (SSSR count). The summed E-state index contributed by atoms with van der Waals surface area (Å²) in [6.45, 7) is -15.3. The Hall–Kier alpha value is -1.49. The molecule has 1 aromatic rings. The van der Waals surface area contributed by atoms with Gasteiger partial charge in [-0.1, -0.05) is 0 Å². The summed E-state index contributed by atoms with van der Waals surface area (Å²) in [5, 5.41) is 0. The van der Waals surface area contributed by atoms with E-state index in [1.165, 1.54) is 0 Å². The van der Waals surface area contributed by atoms with Gasteiger partial charge < -0.3 is 0 Å². The average Bonchev–Trinajstić information content (AvgIpc) is 2.88. The summed E-state index contributed by atoms with van der Waals surface area (Å²) in [7, 11) is 0. The molecule has 0 heterocycles. The maximum atomic E-state index is 15.2. The first kappa shape index (κ1) is 38.5. The van der Waals surface area contributed by atoms with Crippen LogP contribution in [-0.4, -0.2) is 86.2 Å². The number of hydrogen-bond donors (Lipinski definition) is 0. The number of alkyl halides is 21. The van der Waals surface area contributed by atoms with E-state index >= 15 is 26.3 Å². The molecule has 0 fully saturated rings. The van der Waals surface area contributed by atoms with Crippen molar-refractivity contribution in [3.63, 3.8) is 0 Å². The van der Waals surface area contributed by atoms with Gasteiger partial charge >= 0.3 is 224 Å². The first-order valence-corrected chi connectivity index (χ1v) is 15.7. The van der Waals surface area contributed by atoms with Gasteiger partial charge in [-0.3, -0.25) is 0 Å². The third kappa shape index (κ3) is 5.16. The van der Waals surface area contributed by atoms with E-state index < -0.39 is 98.3 Å². The van der Waals surface area contributed by atoms with Gasteiger partial charge in [-0.2, -0.15) is 0 Å². The van der Waals surface area contributed by atoms with Gasteiger partial charge in [0, 0.05) is 0 Å². The van der Waals surface area contributed by atoms with E-state index in [1.807, 2.05) is 0 Å². The van der Waals surface area contributed by atoms with E-state index in [2.05, 4.69) is 3.07 Å². The molecule has 0 aromatic heterocycles. The molecule has 0 amide bonds. The molecule has 0 unspecified atom stereocenters. The number of halogens is 21. The number of benzene rings is 1. The quantitative estimate of drug-likeness (QED) is 0.129. The molecule has 0 spiro atoms. The van der Waals surface area contributed by atoms with Gasteiger partial charge in [-0.15, -0.1) is 0 Å². The third-order valence-corrected chi connectivity index (χ3v) is 17.6. The first-order chi connectivity index (χ1) is 18.5. The zero-order valence-electron chi connectivity index (χ0n) is 19.6. The Morgan fingerprint density at radius 1 is 0.452 bits per heavy atom. The SMILES string of the molecule is FCC(F)(F)C(F)(F)[C](F)(F)[Sn]([O]Cc1ccccc1)([C](F)(F)C(F)(F)C(F)(F)CF)[C](F)(F)C(F)(F)C(F)(F)CF. The zero-order valence-corrected chi connectivity index (χ0v) is 22.4. The van der Waals surface area contributed by atoms with Crippen LogP contribution in [0.4, 0.5) is 92.2 Å². The monoisotopic (exact) mass is 776 g/mol. The van der Waals surface area contributed by atoms with E-state index in [-0.39, 0.29) is 0 Å². The van der Waals surface area contributed by atoms with Gasteiger partial charge in [0.25, 0.3) is 0 Å². The molecule has 0 N–H and O–H groups in total. The molecule has 246 valence electrons. The molecule has 23 heteroatoms. The molecule has 0 saturated carbocycles. The summed E-state index contributed by atoms with van der Waals surface area (Å²) >= 11 is -12.4. The summed E-state index contributed by atoms with van der Waals surface area (Å²) < 4.78 is 274. The van der Waals surface area contributed by atoms with Crippen LogP contribution in [0.5, 0.6) is 0 Å². The van der Waals surface area contributed by atoms with Crippen molar-refractivity contribution in [2.75, 3.05) is 20.0 Å². The van der Waals surface area contributed by atoms with E-state index in [1.54, 1.807) is 0 Å². The standard InChI is InChI=1S/C7H7O.3C4H2F7.Sn/c8-6-7-4-2-1-3-5-7;3*5-1-3(8,9)4(10,11)2(6)7;/h1-5H,6H2;3*1H2;/q-1;;;;+1. The van der Waals surface area contributed by atoms with Crippen molar-refractivity contribution in [2.24, 2.45) is 0 Å². The molecular weight excluding hydrogens is 762 g/mol. The second kappa shape index (κ2) is 11.5. The van der Waals surface area contributed by atoms with Crippen LogP contribution in [0.15, 0.2) is 30.3 Å². The van der Waals surface area contributed by atoms with Crippen molar-refractivity contribution in [3.05, 3.63) is 35.9 Å². The second-order valence-electron chi connectivity index (χ2n) is 8.42. The van der Waals surface area contributed by atoms with Crippen LogP contribution in [0.3, 0.4) is 0 Å². The van der Waals surface area contributed by atoms with Crippen molar-refractivity contribution in [1.82, 2.24) is 0 Å². The van der Waals surface area contributed by atoms with E-state index in [0.717, 1.165) is 6.07 Å². The summed E-state index contributed by atoms with van der Waals surface area (Å²) in [4.78, 5) is 0. The number of hydrogen-bond acceptors (Lipinski definition) is 1. The molecule has 0 radical (unpaired) electrons. The average molecular weight is 775 g/mol. The minimum atomic E-state index is -12.4. The predicted octanol–water partition coefficient (Wildman–Crippen LogP) is 8.39. The third-order valence-electron chi connectivity index (χ3n) is 5.69.